The van der Waals surface area contributed by atoms with E-state index in [1.54, 1.807) is 6.07 Å². The number of hydrogen-bond acceptors (Lipinski definition) is 3. The van der Waals surface area contributed by atoms with E-state index in [9.17, 15) is 5.11 Å². The van der Waals surface area contributed by atoms with Crippen LogP contribution in [0.3, 0.4) is 0 Å². The minimum absolute atomic E-state index is 0.343. The first-order valence-corrected chi connectivity index (χ1v) is 6.97. The molecule has 1 aromatic rings. The second kappa shape index (κ2) is 8.95. The maximum Gasteiger partial charge on any atom is 0.115 e. The minimum atomic E-state index is 0.343. The number of unbranched alkanes of at least 4 members (excludes halogenated alkanes) is 1. The summed E-state index contributed by atoms with van der Waals surface area (Å²) in [7, 11) is 0. The van der Waals surface area contributed by atoms with Crippen molar-refractivity contribution in [1.82, 2.24) is 10.2 Å². The Morgan fingerprint density at radius 1 is 1.17 bits per heavy atom. The number of hydrogen-bond donors (Lipinski definition) is 2. The van der Waals surface area contributed by atoms with Crippen LogP contribution < -0.4 is 5.32 Å². The molecule has 0 radical (unpaired) electrons. The van der Waals surface area contributed by atoms with Crippen LogP contribution >= 0.6 is 0 Å². The smallest absolute Gasteiger partial charge is 0.115 e. The number of nitrogens with zero attached hydrogens (tertiary/aromatic N) is 1. The topological polar surface area (TPSA) is 35.5 Å². The summed E-state index contributed by atoms with van der Waals surface area (Å²) in [6.07, 6.45) is 2.45. The Balaban J connectivity index is 2.05. The molecule has 3 heteroatoms. The van der Waals surface area contributed by atoms with Gasteiger partial charge in [0.25, 0.3) is 0 Å². The molecule has 0 spiro atoms. The summed E-state index contributed by atoms with van der Waals surface area (Å²) in [5.41, 5.74) is 1.14. The highest BCUT2D eigenvalue weighted by molar-refractivity contribution is 5.26. The van der Waals surface area contributed by atoms with Gasteiger partial charge in [0.2, 0.25) is 0 Å². The maximum absolute atomic E-state index is 9.34. The molecular formula is C15H26N2O. The molecule has 18 heavy (non-hydrogen) atoms. The molecule has 0 amide bonds. The highest BCUT2D eigenvalue weighted by Gasteiger charge is 1.98. The van der Waals surface area contributed by atoms with Crippen molar-refractivity contribution in [3.8, 4) is 5.75 Å². The predicted octanol–water partition coefficient (Wildman–Crippen LogP) is 2.60. The van der Waals surface area contributed by atoms with Crippen molar-refractivity contribution in [2.45, 2.75) is 33.2 Å². The molecule has 0 fully saturated rings. The van der Waals surface area contributed by atoms with E-state index < -0.39 is 0 Å². The van der Waals surface area contributed by atoms with Crippen molar-refractivity contribution >= 4 is 0 Å². The van der Waals surface area contributed by atoms with Crippen LogP contribution in [0, 0.1) is 0 Å². The summed E-state index contributed by atoms with van der Waals surface area (Å²) in [5, 5.41) is 12.7. The Morgan fingerprint density at radius 3 is 2.61 bits per heavy atom. The molecule has 0 aromatic heterocycles. The molecule has 0 aliphatic carbocycles. The average molecular weight is 250 g/mol. The summed E-state index contributed by atoms with van der Waals surface area (Å²) in [6, 6.07) is 7.42. The van der Waals surface area contributed by atoms with Crippen LogP contribution in [0.15, 0.2) is 24.3 Å². The zero-order valence-corrected chi connectivity index (χ0v) is 11.7. The van der Waals surface area contributed by atoms with Gasteiger partial charge in [0.15, 0.2) is 0 Å². The minimum Gasteiger partial charge on any atom is -0.508 e. The van der Waals surface area contributed by atoms with E-state index in [1.807, 2.05) is 18.2 Å². The lowest BCUT2D eigenvalue weighted by Gasteiger charge is -2.17. The van der Waals surface area contributed by atoms with E-state index in [1.165, 1.54) is 19.4 Å². The lowest BCUT2D eigenvalue weighted by atomic mass is 10.2. The van der Waals surface area contributed by atoms with E-state index in [2.05, 4.69) is 24.1 Å². The molecule has 0 saturated heterocycles. The van der Waals surface area contributed by atoms with Crippen LogP contribution in [0.4, 0.5) is 0 Å². The molecule has 0 saturated carbocycles. The van der Waals surface area contributed by atoms with E-state index in [0.717, 1.165) is 31.7 Å². The molecule has 0 bridgehead atoms. The van der Waals surface area contributed by atoms with Crippen LogP contribution in [-0.2, 0) is 6.54 Å². The fourth-order valence-electron chi connectivity index (χ4n) is 2.02. The standard InChI is InChI=1S/C15H26N2O/c1-3-17(4-2)11-6-5-10-16-13-14-8-7-9-15(18)12-14/h7-9,12,16,18H,3-6,10-11,13H2,1-2H3. The number of rotatable bonds is 9. The van der Waals surface area contributed by atoms with Crippen molar-refractivity contribution < 1.29 is 5.11 Å². The summed E-state index contributed by atoms with van der Waals surface area (Å²) in [5.74, 6) is 0.343. The van der Waals surface area contributed by atoms with Gasteiger partial charge in [-0.05, 0) is 56.7 Å². The van der Waals surface area contributed by atoms with E-state index in [4.69, 9.17) is 0 Å². The van der Waals surface area contributed by atoms with Gasteiger partial charge in [-0.3, -0.25) is 0 Å². The molecule has 0 aliphatic rings. The quantitative estimate of drug-likeness (QED) is 0.661. The molecule has 0 heterocycles. The van der Waals surface area contributed by atoms with Gasteiger partial charge < -0.3 is 15.3 Å². The Bertz CT molecular complexity index is 324. The van der Waals surface area contributed by atoms with Gasteiger partial charge in [-0.15, -0.1) is 0 Å². The third-order valence-corrected chi connectivity index (χ3v) is 3.21. The first-order chi connectivity index (χ1) is 8.76. The summed E-state index contributed by atoms with van der Waals surface area (Å²) < 4.78 is 0. The molecule has 102 valence electrons. The Labute approximate surface area is 111 Å². The Kier molecular flexibility index (Phi) is 7.46. The lowest BCUT2D eigenvalue weighted by Crippen LogP contribution is -2.25. The SMILES string of the molecule is CCN(CC)CCCCNCc1cccc(O)c1. The highest BCUT2D eigenvalue weighted by Crippen LogP contribution is 2.10. The zero-order chi connectivity index (χ0) is 13.2. The lowest BCUT2D eigenvalue weighted by molar-refractivity contribution is 0.296. The molecule has 1 rings (SSSR count). The second-order valence-corrected chi connectivity index (χ2v) is 4.58. The monoisotopic (exact) mass is 250 g/mol. The van der Waals surface area contributed by atoms with E-state index >= 15 is 0 Å². The summed E-state index contributed by atoms with van der Waals surface area (Å²) in [6.45, 7) is 9.78. The fourth-order valence-corrected chi connectivity index (χ4v) is 2.02. The van der Waals surface area contributed by atoms with Crippen LogP contribution in [0.5, 0.6) is 5.75 Å². The van der Waals surface area contributed by atoms with Crippen molar-refractivity contribution in [1.29, 1.82) is 0 Å². The molecule has 3 nitrogen and oxygen atoms in total. The van der Waals surface area contributed by atoms with Crippen molar-refractivity contribution in [2.24, 2.45) is 0 Å². The number of phenolic OH excluding ortho intramolecular Hbond substituents is 1. The first kappa shape index (κ1) is 15.0. The van der Waals surface area contributed by atoms with Gasteiger partial charge in [0.1, 0.15) is 5.75 Å². The third-order valence-electron chi connectivity index (χ3n) is 3.21. The highest BCUT2D eigenvalue weighted by atomic mass is 16.3. The molecule has 0 atom stereocenters. The number of benzene rings is 1. The number of phenols is 1. The Morgan fingerprint density at radius 2 is 1.94 bits per heavy atom. The van der Waals surface area contributed by atoms with Crippen LogP contribution in [0.1, 0.15) is 32.3 Å². The maximum atomic E-state index is 9.34. The number of aromatic hydroxyl groups is 1. The molecule has 0 aliphatic heterocycles. The van der Waals surface area contributed by atoms with Crippen molar-refractivity contribution in [3.05, 3.63) is 29.8 Å². The first-order valence-electron chi connectivity index (χ1n) is 6.97. The predicted molar refractivity (Wildman–Crippen MR) is 76.8 cm³/mol. The molecule has 0 unspecified atom stereocenters. The zero-order valence-electron chi connectivity index (χ0n) is 11.7. The van der Waals surface area contributed by atoms with Gasteiger partial charge in [-0.1, -0.05) is 26.0 Å². The Hall–Kier alpha value is -1.06. The molecule has 2 N–H and O–H groups in total. The van der Waals surface area contributed by atoms with Gasteiger partial charge in [0.05, 0.1) is 0 Å². The fraction of sp³-hybridized carbons (Fsp3) is 0.600. The van der Waals surface area contributed by atoms with Crippen LogP contribution in [0.25, 0.3) is 0 Å². The average Bonchev–Trinajstić information content (AvgIpc) is 2.38. The van der Waals surface area contributed by atoms with Gasteiger partial charge in [0, 0.05) is 6.54 Å². The van der Waals surface area contributed by atoms with Crippen LogP contribution in [-0.4, -0.2) is 36.2 Å². The van der Waals surface area contributed by atoms with Gasteiger partial charge in [-0.25, -0.2) is 0 Å². The summed E-state index contributed by atoms with van der Waals surface area (Å²) >= 11 is 0. The molecular weight excluding hydrogens is 224 g/mol. The van der Waals surface area contributed by atoms with Gasteiger partial charge in [-0.2, -0.15) is 0 Å². The molecule has 1 aromatic carbocycles. The van der Waals surface area contributed by atoms with E-state index in [-0.39, 0.29) is 0 Å². The van der Waals surface area contributed by atoms with Crippen LogP contribution in [0.2, 0.25) is 0 Å². The summed E-state index contributed by atoms with van der Waals surface area (Å²) in [4.78, 5) is 2.45. The van der Waals surface area contributed by atoms with Gasteiger partial charge >= 0.3 is 0 Å². The largest absolute Gasteiger partial charge is 0.508 e. The van der Waals surface area contributed by atoms with Crippen molar-refractivity contribution in [2.75, 3.05) is 26.2 Å². The third kappa shape index (κ3) is 6.03. The second-order valence-electron chi connectivity index (χ2n) is 4.58. The van der Waals surface area contributed by atoms with Crippen molar-refractivity contribution in [3.63, 3.8) is 0 Å². The van der Waals surface area contributed by atoms with E-state index in [0.29, 0.717) is 5.75 Å². The normalized spacial score (nSPS) is 11.1. The number of nitrogens with one attached hydrogen (secondary N) is 1.